The summed E-state index contributed by atoms with van der Waals surface area (Å²) in [6.45, 7) is 4.63. The Morgan fingerprint density at radius 2 is 1.89 bits per heavy atom. The lowest BCUT2D eigenvalue weighted by Crippen LogP contribution is -2.64. The summed E-state index contributed by atoms with van der Waals surface area (Å²) in [5.41, 5.74) is 0. The van der Waals surface area contributed by atoms with Gasteiger partial charge in [-0.05, 0) is 13.8 Å². The van der Waals surface area contributed by atoms with Gasteiger partial charge in [0.15, 0.2) is 24.6 Å². The van der Waals surface area contributed by atoms with Gasteiger partial charge in [-0.25, -0.2) is 4.79 Å². The van der Waals surface area contributed by atoms with E-state index < -0.39 is 48.7 Å². The second-order valence-electron chi connectivity index (χ2n) is 4.66. The van der Waals surface area contributed by atoms with Crippen LogP contribution in [0.15, 0.2) is 0 Å². The Labute approximate surface area is 111 Å². The van der Waals surface area contributed by atoms with Crippen LogP contribution >= 0.6 is 0 Å². The fraction of sp³-hybridized carbons (Fsp3) is 0.833. The van der Waals surface area contributed by atoms with E-state index in [2.05, 4.69) is 0 Å². The summed E-state index contributed by atoms with van der Waals surface area (Å²) in [5, 5.41) is 0. The van der Waals surface area contributed by atoms with Crippen LogP contribution in [-0.2, 0) is 33.3 Å². The van der Waals surface area contributed by atoms with Crippen molar-refractivity contribution in [3.8, 4) is 0 Å². The number of hydrogen-bond acceptors (Lipinski definition) is 7. The third-order valence-corrected chi connectivity index (χ3v) is 3.21. The molecule has 7 heteroatoms. The minimum atomic E-state index is -0.765. The van der Waals surface area contributed by atoms with Gasteiger partial charge in [0.05, 0.1) is 6.10 Å². The maximum Gasteiger partial charge on any atom is 0.335 e. The number of esters is 2. The molecule has 0 radical (unpaired) electrons. The molecule has 2 fully saturated rings. The van der Waals surface area contributed by atoms with Gasteiger partial charge in [-0.2, -0.15) is 0 Å². The molecule has 0 aromatic rings. The Balaban J connectivity index is 2.22. The summed E-state index contributed by atoms with van der Waals surface area (Å²) in [7, 11) is 1.45. The first kappa shape index (κ1) is 14.2. The van der Waals surface area contributed by atoms with E-state index in [1.807, 2.05) is 0 Å². The van der Waals surface area contributed by atoms with Crippen molar-refractivity contribution in [1.29, 1.82) is 0 Å². The number of methoxy groups -OCH3 is 1. The van der Waals surface area contributed by atoms with E-state index in [1.54, 1.807) is 13.8 Å². The molecule has 0 unspecified atom stereocenters. The summed E-state index contributed by atoms with van der Waals surface area (Å²) in [5.74, 6) is -0.925. The summed E-state index contributed by atoms with van der Waals surface area (Å²) < 4.78 is 26.8. The smallest absolute Gasteiger partial charge is 0.335 e. The molecule has 2 rings (SSSR count). The number of carbonyl (C=O) groups is 2. The molecule has 19 heavy (non-hydrogen) atoms. The average Bonchev–Trinajstić information content (AvgIpc) is 2.34. The number of rotatable bonds is 2. The van der Waals surface area contributed by atoms with Gasteiger partial charge in [-0.3, -0.25) is 4.79 Å². The fourth-order valence-electron chi connectivity index (χ4n) is 2.32. The van der Waals surface area contributed by atoms with Crippen LogP contribution in [0, 0.1) is 0 Å². The molecule has 0 aliphatic carbocycles. The van der Waals surface area contributed by atoms with E-state index >= 15 is 0 Å². The van der Waals surface area contributed by atoms with Gasteiger partial charge in [-0.15, -0.1) is 0 Å². The molecule has 7 nitrogen and oxygen atoms in total. The quantitative estimate of drug-likeness (QED) is 0.656. The van der Waals surface area contributed by atoms with Crippen molar-refractivity contribution in [3.63, 3.8) is 0 Å². The maximum absolute atomic E-state index is 11.5. The van der Waals surface area contributed by atoms with E-state index in [-0.39, 0.29) is 0 Å². The van der Waals surface area contributed by atoms with Crippen molar-refractivity contribution in [2.75, 3.05) is 7.11 Å². The lowest BCUT2D eigenvalue weighted by atomic mass is 9.97. The molecule has 2 aliphatic rings. The summed E-state index contributed by atoms with van der Waals surface area (Å²) in [4.78, 5) is 22.7. The molecule has 2 saturated heterocycles. The average molecular weight is 274 g/mol. The van der Waals surface area contributed by atoms with Gasteiger partial charge in [0.1, 0.15) is 6.10 Å². The zero-order valence-corrected chi connectivity index (χ0v) is 11.3. The van der Waals surface area contributed by atoms with Gasteiger partial charge in [-0.1, -0.05) is 0 Å². The van der Waals surface area contributed by atoms with Gasteiger partial charge in [0, 0.05) is 14.0 Å². The molecule has 0 saturated carbocycles. The first-order valence-corrected chi connectivity index (χ1v) is 6.15. The summed E-state index contributed by atoms with van der Waals surface area (Å²) >= 11 is 0. The summed E-state index contributed by atoms with van der Waals surface area (Å²) in [6.07, 6.45) is -3.83. The van der Waals surface area contributed by atoms with Crippen molar-refractivity contribution in [2.45, 2.75) is 57.6 Å². The van der Waals surface area contributed by atoms with Crippen LogP contribution in [0.2, 0.25) is 0 Å². The molecule has 0 amide bonds. The highest BCUT2D eigenvalue weighted by molar-refractivity contribution is 5.75. The second-order valence-corrected chi connectivity index (χ2v) is 4.66. The molecule has 0 N–H and O–H groups in total. The van der Waals surface area contributed by atoms with Gasteiger partial charge in [0.25, 0.3) is 0 Å². The lowest BCUT2D eigenvalue weighted by Gasteiger charge is -2.46. The third kappa shape index (κ3) is 2.72. The van der Waals surface area contributed by atoms with Crippen LogP contribution in [0.3, 0.4) is 0 Å². The Bertz CT molecular complexity index is 369. The molecule has 0 bridgehead atoms. The summed E-state index contributed by atoms with van der Waals surface area (Å²) in [6, 6.07) is 0. The minimum Gasteiger partial charge on any atom is -0.455 e. The van der Waals surface area contributed by atoms with E-state index in [4.69, 9.17) is 23.7 Å². The standard InChI is InChI=1S/C12H18O7/c1-5-8-9(16-6(2)11(14)19-8)10(18-7(3)13)12(15-4)17-5/h5-6,8-10,12H,1-4H3/t5-,6+,8-,9+,10+,12+/m0/s1. The maximum atomic E-state index is 11.5. The van der Waals surface area contributed by atoms with Crippen LogP contribution in [0.4, 0.5) is 0 Å². The topological polar surface area (TPSA) is 80.3 Å². The third-order valence-electron chi connectivity index (χ3n) is 3.21. The largest absolute Gasteiger partial charge is 0.455 e. The SMILES string of the molecule is CO[C@@H]1O[C@@H](C)[C@@H]2OC(=O)[C@@H](C)O[C@H]2[C@H]1OC(C)=O. The van der Waals surface area contributed by atoms with E-state index in [0.29, 0.717) is 0 Å². The van der Waals surface area contributed by atoms with Gasteiger partial charge >= 0.3 is 11.9 Å². The first-order valence-electron chi connectivity index (χ1n) is 6.15. The zero-order valence-electron chi connectivity index (χ0n) is 11.3. The lowest BCUT2D eigenvalue weighted by molar-refractivity contribution is -0.317. The van der Waals surface area contributed by atoms with Crippen molar-refractivity contribution >= 4 is 11.9 Å². The van der Waals surface area contributed by atoms with Crippen LogP contribution in [0.5, 0.6) is 0 Å². The van der Waals surface area contributed by atoms with Crippen LogP contribution in [0.25, 0.3) is 0 Å². The number of hydrogen-bond donors (Lipinski definition) is 0. The minimum absolute atomic E-state index is 0.404. The molecular weight excluding hydrogens is 256 g/mol. The Hall–Kier alpha value is -1.18. The Kier molecular flexibility index (Phi) is 4.07. The molecule has 0 aromatic carbocycles. The highest BCUT2D eigenvalue weighted by Crippen LogP contribution is 2.32. The molecule has 2 heterocycles. The van der Waals surface area contributed by atoms with Crippen LogP contribution in [-0.4, -0.2) is 55.9 Å². The molecule has 108 valence electrons. The molecule has 0 aromatic heterocycles. The zero-order chi connectivity index (χ0) is 14.2. The van der Waals surface area contributed by atoms with Crippen molar-refractivity contribution in [2.24, 2.45) is 0 Å². The highest BCUT2D eigenvalue weighted by atomic mass is 16.7. The number of carbonyl (C=O) groups excluding carboxylic acids is 2. The first-order chi connectivity index (χ1) is 8.93. The van der Waals surface area contributed by atoms with Crippen LogP contribution < -0.4 is 0 Å². The van der Waals surface area contributed by atoms with Crippen molar-refractivity contribution in [3.05, 3.63) is 0 Å². The predicted molar refractivity (Wildman–Crippen MR) is 61.1 cm³/mol. The highest BCUT2D eigenvalue weighted by Gasteiger charge is 2.53. The monoisotopic (exact) mass is 274 g/mol. The van der Waals surface area contributed by atoms with Gasteiger partial charge in [0.2, 0.25) is 0 Å². The van der Waals surface area contributed by atoms with Crippen LogP contribution in [0.1, 0.15) is 20.8 Å². The molecule has 6 atom stereocenters. The Morgan fingerprint density at radius 3 is 2.47 bits per heavy atom. The molecular formula is C12H18O7. The van der Waals surface area contributed by atoms with E-state index in [1.165, 1.54) is 14.0 Å². The van der Waals surface area contributed by atoms with Crippen molar-refractivity contribution < 1.29 is 33.3 Å². The number of ether oxygens (including phenoxy) is 5. The second kappa shape index (κ2) is 5.44. The van der Waals surface area contributed by atoms with E-state index in [0.717, 1.165) is 0 Å². The normalized spacial score (nSPS) is 42.2. The van der Waals surface area contributed by atoms with Crippen molar-refractivity contribution in [1.82, 2.24) is 0 Å². The van der Waals surface area contributed by atoms with E-state index in [9.17, 15) is 9.59 Å². The molecule has 0 spiro atoms. The van der Waals surface area contributed by atoms with Gasteiger partial charge < -0.3 is 23.7 Å². The predicted octanol–water partition coefficient (Wildman–Crippen LogP) is 0.00840. The number of fused-ring (bicyclic) bond motifs is 1. The Morgan fingerprint density at radius 1 is 1.21 bits per heavy atom. The molecule has 2 aliphatic heterocycles. The fourth-order valence-corrected chi connectivity index (χ4v) is 2.32.